The minimum absolute atomic E-state index is 0. The van der Waals surface area contributed by atoms with Crippen LogP contribution in [0.15, 0.2) is 0 Å². The molecule has 0 saturated heterocycles. The number of nitrogens with zero attached hydrogens (tertiary/aromatic N) is 1. The molecule has 0 bridgehead atoms. The molecule has 0 heterocycles. The number of aliphatic hydroxyl groups is 1. The highest BCUT2D eigenvalue weighted by molar-refractivity contribution is 7.72. The molecule has 8 nitrogen and oxygen atoms in total. The molecule has 11 heteroatoms. The SMILES string of the molecule is CCCCCN(C)CCC(O)(P(=O)(O)O)P(=O)(O)O.Cl. The molecular weight excluding hydrogens is 332 g/mol. The van der Waals surface area contributed by atoms with Gasteiger partial charge >= 0.3 is 15.2 Å². The van der Waals surface area contributed by atoms with Crippen LogP contribution < -0.4 is 0 Å². The van der Waals surface area contributed by atoms with E-state index in [1.54, 1.807) is 11.9 Å². The lowest BCUT2D eigenvalue weighted by Crippen LogP contribution is -2.34. The standard InChI is InChI=1S/C9H23NO7P2.ClH/c1-3-4-5-7-10(2)8-6-9(11,18(12,13)14)19(15,16)17;/h11H,3-8H2,1-2H3,(H2,12,13,14)(H2,15,16,17);1H. The minimum atomic E-state index is -5.33. The first-order valence-corrected chi connectivity index (χ1v) is 9.20. The van der Waals surface area contributed by atoms with Gasteiger partial charge in [0, 0.05) is 13.0 Å². The van der Waals surface area contributed by atoms with Gasteiger partial charge in [0.2, 0.25) is 0 Å². The molecule has 20 heavy (non-hydrogen) atoms. The molecule has 0 spiro atoms. The van der Waals surface area contributed by atoms with Gasteiger partial charge in [-0.15, -0.1) is 12.4 Å². The highest BCUT2D eigenvalue weighted by Gasteiger charge is 2.58. The molecule has 0 amide bonds. The first kappa shape index (κ1) is 22.8. The third-order valence-electron chi connectivity index (χ3n) is 2.91. The Bertz CT molecular complexity index is 347. The molecule has 0 aromatic heterocycles. The van der Waals surface area contributed by atoms with Gasteiger partial charge in [0.25, 0.3) is 5.08 Å². The lowest BCUT2D eigenvalue weighted by molar-refractivity contribution is 0.112. The van der Waals surface area contributed by atoms with Crippen LogP contribution in [-0.4, -0.2) is 54.8 Å². The van der Waals surface area contributed by atoms with E-state index in [2.05, 4.69) is 0 Å². The van der Waals surface area contributed by atoms with Crippen LogP contribution in [0.3, 0.4) is 0 Å². The van der Waals surface area contributed by atoms with E-state index in [9.17, 15) is 14.2 Å². The third kappa shape index (κ3) is 6.52. The van der Waals surface area contributed by atoms with Crippen LogP contribution in [0.25, 0.3) is 0 Å². The molecule has 0 fully saturated rings. The quantitative estimate of drug-likeness (QED) is 0.304. The summed E-state index contributed by atoms with van der Waals surface area (Å²) in [5, 5.41) is 6.35. The van der Waals surface area contributed by atoms with E-state index in [-0.39, 0.29) is 19.0 Å². The summed E-state index contributed by atoms with van der Waals surface area (Å²) >= 11 is 0. The van der Waals surface area contributed by atoms with Gasteiger partial charge in [-0.2, -0.15) is 0 Å². The number of hydrogen-bond acceptors (Lipinski definition) is 4. The molecule has 0 saturated carbocycles. The summed E-state index contributed by atoms with van der Waals surface area (Å²) in [7, 11) is -9.00. The number of hydrogen-bond donors (Lipinski definition) is 5. The molecule has 0 aliphatic heterocycles. The smallest absolute Gasteiger partial charge is 0.367 e. The minimum Gasteiger partial charge on any atom is -0.367 e. The zero-order chi connectivity index (χ0) is 15.3. The molecule has 0 aromatic carbocycles. The Morgan fingerprint density at radius 2 is 1.45 bits per heavy atom. The average molecular weight is 356 g/mol. The highest BCUT2D eigenvalue weighted by Crippen LogP contribution is 2.68. The van der Waals surface area contributed by atoms with E-state index in [1.165, 1.54) is 0 Å². The van der Waals surface area contributed by atoms with Crippen molar-refractivity contribution in [3.63, 3.8) is 0 Å². The molecule has 124 valence electrons. The van der Waals surface area contributed by atoms with Gasteiger partial charge in [-0.1, -0.05) is 19.8 Å². The molecule has 0 rings (SSSR count). The summed E-state index contributed by atoms with van der Waals surface area (Å²) in [6.45, 7) is 2.64. The molecule has 0 aliphatic rings. The molecule has 0 atom stereocenters. The van der Waals surface area contributed by atoms with Gasteiger partial charge in [-0.3, -0.25) is 9.13 Å². The highest BCUT2D eigenvalue weighted by atomic mass is 35.5. The second kappa shape index (κ2) is 8.83. The molecule has 0 unspecified atom stereocenters. The van der Waals surface area contributed by atoms with E-state index in [0.717, 1.165) is 19.3 Å². The first-order chi connectivity index (χ1) is 8.45. The maximum Gasteiger partial charge on any atom is 0.369 e. The lowest BCUT2D eigenvalue weighted by atomic mass is 10.2. The summed E-state index contributed by atoms with van der Waals surface area (Å²) in [5.74, 6) is 0. The summed E-state index contributed by atoms with van der Waals surface area (Å²) in [5.41, 5.74) is 0. The van der Waals surface area contributed by atoms with E-state index in [0.29, 0.717) is 6.54 Å². The Morgan fingerprint density at radius 3 is 1.80 bits per heavy atom. The van der Waals surface area contributed by atoms with Crippen molar-refractivity contribution in [3.8, 4) is 0 Å². The second-order valence-electron chi connectivity index (χ2n) is 4.62. The largest absolute Gasteiger partial charge is 0.369 e. The Labute approximate surface area is 124 Å². The van der Waals surface area contributed by atoms with Crippen LogP contribution in [0.4, 0.5) is 0 Å². The predicted molar refractivity (Wildman–Crippen MR) is 77.9 cm³/mol. The van der Waals surface area contributed by atoms with Gasteiger partial charge in [0.15, 0.2) is 0 Å². The average Bonchev–Trinajstić information content (AvgIpc) is 2.23. The van der Waals surface area contributed by atoms with Crippen molar-refractivity contribution in [1.82, 2.24) is 4.90 Å². The van der Waals surface area contributed by atoms with Crippen molar-refractivity contribution >= 4 is 27.6 Å². The molecule has 5 N–H and O–H groups in total. The molecule has 0 aromatic rings. The van der Waals surface area contributed by atoms with Gasteiger partial charge < -0.3 is 29.6 Å². The van der Waals surface area contributed by atoms with Gasteiger partial charge in [0.1, 0.15) is 0 Å². The van der Waals surface area contributed by atoms with Crippen molar-refractivity contribution in [2.24, 2.45) is 0 Å². The predicted octanol–water partition coefficient (Wildman–Crippen LogP) is 0.922. The normalized spacial score (nSPS) is 13.4. The summed E-state index contributed by atoms with van der Waals surface area (Å²) in [6, 6.07) is 0. The molecular formula is C9H24ClNO7P2. The van der Waals surface area contributed by atoms with E-state index >= 15 is 0 Å². The Hall–Kier alpha value is 0.510. The fourth-order valence-electron chi connectivity index (χ4n) is 1.55. The second-order valence-corrected chi connectivity index (χ2v) is 8.63. The lowest BCUT2D eigenvalue weighted by Gasteiger charge is -2.30. The van der Waals surface area contributed by atoms with Gasteiger partial charge in [-0.05, 0) is 20.0 Å². The fourth-order valence-corrected chi connectivity index (χ4v) is 3.69. The van der Waals surface area contributed by atoms with Crippen molar-refractivity contribution < 1.29 is 33.8 Å². The van der Waals surface area contributed by atoms with Crippen LogP contribution in [0.1, 0.15) is 32.6 Å². The first-order valence-electron chi connectivity index (χ1n) is 5.98. The van der Waals surface area contributed by atoms with Crippen molar-refractivity contribution in [2.45, 2.75) is 37.7 Å². The number of rotatable bonds is 9. The Kier molecular flexibility index (Phi) is 10.1. The molecule has 0 radical (unpaired) electrons. The monoisotopic (exact) mass is 355 g/mol. The van der Waals surface area contributed by atoms with Crippen LogP contribution in [0.2, 0.25) is 0 Å². The van der Waals surface area contributed by atoms with E-state index < -0.39 is 26.7 Å². The van der Waals surface area contributed by atoms with Gasteiger partial charge in [-0.25, -0.2) is 0 Å². The maximum absolute atomic E-state index is 11.1. The van der Waals surface area contributed by atoms with Crippen molar-refractivity contribution in [1.29, 1.82) is 0 Å². The third-order valence-corrected chi connectivity index (χ3v) is 6.78. The summed E-state index contributed by atoms with van der Waals surface area (Å²) in [4.78, 5) is 37.5. The van der Waals surface area contributed by atoms with E-state index in [1.807, 2.05) is 6.92 Å². The molecule has 0 aliphatic carbocycles. The van der Waals surface area contributed by atoms with Crippen LogP contribution in [0.5, 0.6) is 0 Å². The number of unbranched alkanes of at least 4 members (excludes halogenated alkanes) is 2. The summed E-state index contributed by atoms with van der Waals surface area (Å²) < 4.78 is 22.2. The van der Waals surface area contributed by atoms with Crippen molar-refractivity contribution in [2.75, 3.05) is 20.1 Å². The Balaban J connectivity index is 0. The van der Waals surface area contributed by atoms with Crippen LogP contribution in [-0.2, 0) is 9.13 Å². The van der Waals surface area contributed by atoms with E-state index in [4.69, 9.17) is 19.6 Å². The van der Waals surface area contributed by atoms with Gasteiger partial charge in [0.05, 0.1) is 0 Å². The Morgan fingerprint density at radius 1 is 1.00 bits per heavy atom. The van der Waals surface area contributed by atoms with Crippen LogP contribution >= 0.6 is 27.6 Å². The fraction of sp³-hybridized carbons (Fsp3) is 1.00. The zero-order valence-corrected chi connectivity index (χ0v) is 14.2. The number of halogens is 1. The summed E-state index contributed by atoms with van der Waals surface area (Å²) in [6.07, 6.45) is 2.19. The van der Waals surface area contributed by atoms with Crippen LogP contribution in [0, 0.1) is 0 Å². The van der Waals surface area contributed by atoms with Crippen molar-refractivity contribution in [3.05, 3.63) is 0 Å². The zero-order valence-electron chi connectivity index (χ0n) is 11.5. The maximum atomic E-state index is 11.1. The topological polar surface area (TPSA) is 139 Å².